The number of hydrogen-bond donors (Lipinski definition) is 2. The van der Waals surface area contributed by atoms with Gasteiger partial charge in [0.25, 0.3) is 0 Å². The van der Waals surface area contributed by atoms with Gasteiger partial charge in [0.05, 0.1) is 12.7 Å². The molecule has 1 saturated carbocycles. The number of ether oxygens (including phenoxy) is 1. The first-order valence-electron chi connectivity index (χ1n) is 6.03. The van der Waals surface area contributed by atoms with Crippen LogP contribution in [-0.2, 0) is 4.74 Å². The molecule has 1 aliphatic rings. The van der Waals surface area contributed by atoms with Crippen molar-refractivity contribution in [3.63, 3.8) is 0 Å². The number of hydrogen-bond acceptors (Lipinski definition) is 4. The molecule has 0 atom stereocenters. The summed E-state index contributed by atoms with van der Waals surface area (Å²) in [5, 5.41) is 2.47. The monoisotopic (exact) mass is 288 g/mol. The fraction of sp³-hybridized carbons (Fsp3) is 0.462. The van der Waals surface area contributed by atoms with Crippen molar-refractivity contribution in [2.75, 3.05) is 18.2 Å². The largest absolute Gasteiger partial charge is 0.465 e. The van der Waals surface area contributed by atoms with E-state index in [9.17, 15) is 18.0 Å². The molecule has 7 heteroatoms. The van der Waals surface area contributed by atoms with Crippen LogP contribution in [0.4, 0.5) is 24.5 Å². The molecule has 0 bridgehead atoms. The minimum Gasteiger partial charge on any atom is -0.465 e. The van der Waals surface area contributed by atoms with E-state index < -0.39 is 17.7 Å². The number of nitrogens with one attached hydrogen (secondary N) is 1. The summed E-state index contributed by atoms with van der Waals surface area (Å²) in [6.07, 6.45) is -4.28. The van der Waals surface area contributed by atoms with Gasteiger partial charge in [0, 0.05) is 11.4 Å². The Labute approximate surface area is 114 Å². The summed E-state index contributed by atoms with van der Waals surface area (Å²) in [5.41, 5.74) is 4.86. The summed E-state index contributed by atoms with van der Waals surface area (Å²) in [7, 11) is 1.19. The van der Waals surface area contributed by atoms with Crippen LogP contribution in [0.1, 0.15) is 28.8 Å². The molecule has 1 aliphatic carbocycles. The van der Waals surface area contributed by atoms with E-state index in [-0.39, 0.29) is 29.8 Å². The van der Waals surface area contributed by atoms with Crippen molar-refractivity contribution >= 4 is 17.3 Å². The smallest absolute Gasteiger partial charge is 0.411 e. The second kappa shape index (κ2) is 4.57. The third-order valence-electron chi connectivity index (χ3n) is 3.47. The van der Waals surface area contributed by atoms with Crippen LogP contribution in [0.5, 0.6) is 0 Å². The van der Waals surface area contributed by atoms with E-state index in [1.807, 2.05) is 0 Å². The third kappa shape index (κ3) is 2.39. The first-order chi connectivity index (χ1) is 9.20. The highest BCUT2D eigenvalue weighted by molar-refractivity contribution is 5.97. The van der Waals surface area contributed by atoms with Gasteiger partial charge in [-0.1, -0.05) is 0 Å². The molecule has 0 heterocycles. The number of alkyl halides is 3. The second-order valence-corrected chi connectivity index (χ2v) is 4.95. The third-order valence-corrected chi connectivity index (χ3v) is 3.47. The average Bonchev–Trinajstić information content (AvgIpc) is 3.13. The molecule has 0 radical (unpaired) electrons. The fourth-order valence-electron chi connectivity index (χ4n) is 2.03. The van der Waals surface area contributed by atoms with Gasteiger partial charge in [-0.25, -0.2) is 4.79 Å². The molecule has 0 amide bonds. The Kier molecular flexibility index (Phi) is 3.31. The number of carbonyl (C=O) groups excluding carboxylic acids is 1. The highest BCUT2D eigenvalue weighted by atomic mass is 19.4. The maximum Gasteiger partial charge on any atom is 0.411 e. The van der Waals surface area contributed by atoms with Gasteiger partial charge in [0.15, 0.2) is 0 Å². The van der Waals surface area contributed by atoms with Gasteiger partial charge in [0.1, 0.15) is 5.54 Å². The molecule has 110 valence electrons. The molecule has 1 fully saturated rings. The lowest BCUT2D eigenvalue weighted by Crippen LogP contribution is -2.38. The van der Waals surface area contributed by atoms with Crippen molar-refractivity contribution in [1.29, 1.82) is 0 Å². The second-order valence-electron chi connectivity index (χ2n) is 4.95. The highest BCUT2D eigenvalue weighted by Crippen LogP contribution is 2.51. The number of nitrogen functional groups attached to an aromatic ring is 1. The zero-order valence-electron chi connectivity index (χ0n) is 11.1. The Balaban J connectivity index is 2.35. The van der Waals surface area contributed by atoms with Crippen molar-refractivity contribution in [3.05, 3.63) is 23.3 Å². The first-order valence-corrected chi connectivity index (χ1v) is 6.03. The van der Waals surface area contributed by atoms with Crippen LogP contribution in [-0.4, -0.2) is 24.8 Å². The standard InChI is InChI=1S/C13H15F3N2O2/c1-7-5-8(6-9(10(7)17)11(19)20-2)18-12(3-4-12)13(14,15)16/h5-6,18H,3-4,17H2,1-2H3. The van der Waals surface area contributed by atoms with Crippen LogP contribution in [0.3, 0.4) is 0 Å². The molecule has 0 unspecified atom stereocenters. The fourth-order valence-corrected chi connectivity index (χ4v) is 2.03. The van der Waals surface area contributed by atoms with Crippen molar-refractivity contribution in [1.82, 2.24) is 0 Å². The number of anilines is 2. The van der Waals surface area contributed by atoms with E-state index in [4.69, 9.17) is 5.73 Å². The lowest BCUT2D eigenvalue weighted by molar-refractivity contribution is -0.151. The normalized spacial score (nSPS) is 16.6. The van der Waals surface area contributed by atoms with Crippen LogP contribution in [0.15, 0.2) is 12.1 Å². The Morgan fingerprint density at radius 3 is 2.45 bits per heavy atom. The van der Waals surface area contributed by atoms with E-state index in [2.05, 4.69) is 10.1 Å². The Bertz CT molecular complexity index is 551. The zero-order chi connectivity index (χ0) is 15.1. The van der Waals surface area contributed by atoms with Gasteiger partial charge in [-0.15, -0.1) is 0 Å². The van der Waals surface area contributed by atoms with Gasteiger partial charge in [-0.05, 0) is 37.5 Å². The number of halogens is 3. The molecule has 0 aromatic heterocycles. The molecular formula is C13H15F3N2O2. The van der Waals surface area contributed by atoms with Crippen LogP contribution >= 0.6 is 0 Å². The number of benzene rings is 1. The summed E-state index contributed by atoms with van der Waals surface area (Å²) in [5.74, 6) is -0.675. The lowest BCUT2D eigenvalue weighted by atomic mass is 10.1. The van der Waals surface area contributed by atoms with Crippen molar-refractivity contribution in [3.8, 4) is 0 Å². The van der Waals surface area contributed by atoms with E-state index in [1.165, 1.54) is 19.2 Å². The number of aryl methyl sites for hydroxylation is 1. The van der Waals surface area contributed by atoms with Gasteiger partial charge in [0.2, 0.25) is 0 Å². The summed E-state index contributed by atoms with van der Waals surface area (Å²) in [4.78, 5) is 11.6. The number of methoxy groups -OCH3 is 1. The summed E-state index contributed by atoms with van der Waals surface area (Å²) < 4.78 is 43.3. The molecule has 2 rings (SSSR count). The maximum atomic E-state index is 12.9. The Hall–Kier alpha value is -1.92. The van der Waals surface area contributed by atoms with Gasteiger partial charge < -0.3 is 15.8 Å². The molecule has 3 N–H and O–H groups in total. The van der Waals surface area contributed by atoms with Crippen molar-refractivity contribution < 1.29 is 22.7 Å². The molecular weight excluding hydrogens is 273 g/mol. The van der Waals surface area contributed by atoms with Gasteiger partial charge in [-0.3, -0.25) is 0 Å². The van der Waals surface area contributed by atoms with Gasteiger partial charge in [-0.2, -0.15) is 13.2 Å². The van der Waals surface area contributed by atoms with Crippen LogP contribution < -0.4 is 11.1 Å². The predicted molar refractivity (Wildman–Crippen MR) is 68.6 cm³/mol. The number of rotatable bonds is 3. The SMILES string of the molecule is COC(=O)c1cc(NC2(C(F)(F)F)CC2)cc(C)c1N. The van der Waals surface area contributed by atoms with E-state index >= 15 is 0 Å². The molecule has 20 heavy (non-hydrogen) atoms. The van der Waals surface area contributed by atoms with E-state index in [0.717, 1.165) is 0 Å². The molecule has 1 aromatic carbocycles. The molecule has 4 nitrogen and oxygen atoms in total. The molecule has 0 saturated heterocycles. The van der Waals surface area contributed by atoms with Crippen molar-refractivity contribution in [2.45, 2.75) is 31.5 Å². The maximum absolute atomic E-state index is 12.9. The van der Waals surface area contributed by atoms with Crippen molar-refractivity contribution in [2.24, 2.45) is 0 Å². The number of nitrogens with two attached hydrogens (primary N) is 1. The Morgan fingerprint density at radius 1 is 1.40 bits per heavy atom. The average molecular weight is 288 g/mol. The van der Waals surface area contributed by atoms with Crippen LogP contribution in [0.25, 0.3) is 0 Å². The predicted octanol–water partition coefficient (Wildman–Crippen LogP) is 2.87. The van der Waals surface area contributed by atoms with E-state index in [0.29, 0.717) is 5.56 Å². The van der Waals surface area contributed by atoms with Crippen LogP contribution in [0, 0.1) is 6.92 Å². The van der Waals surface area contributed by atoms with Gasteiger partial charge >= 0.3 is 12.1 Å². The minimum absolute atomic E-state index is 0.0213. The zero-order valence-corrected chi connectivity index (χ0v) is 11.1. The minimum atomic E-state index is -4.33. The van der Waals surface area contributed by atoms with Crippen LogP contribution in [0.2, 0.25) is 0 Å². The summed E-state index contributed by atoms with van der Waals surface area (Å²) in [6, 6.07) is 2.79. The summed E-state index contributed by atoms with van der Waals surface area (Å²) >= 11 is 0. The number of carbonyl (C=O) groups is 1. The molecule has 0 spiro atoms. The number of esters is 1. The highest BCUT2D eigenvalue weighted by Gasteiger charge is 2.63. The van der Waals surface area contributed by atoms with E-state index in [1.54, 1.807) is 6.92 Å². The quantitative estimate of drug-likeness (QED) is 0.663. The first kappa shape index (κ1) is 14.5. The Morgan fingerprint density at radius 2 is 2.00 bits per heavy atom. The summed E-state index contributed by atoms with van der Waals surface area (Å²) in [6.45, 7) is 1.63. The molecule has 0 aliphatic heterocycles. The topological polar surface area (TPSA) is 64.3 Å². The molecule has 1 aromatic rings. The lowest BCUT2D eigenvalue weighted by Gasteiger charge is -2.23.